The third kappa shape index (κ3) is 7.06. The number of halogens is 3. The molecule has 0 spiro atoms. The number of piperidine rings is 1. The molecule has 1 saturated heterocycles. The number of aliphatic hydroxyl groups excluding tert-OH is 1. The number of benzene rings is 3. The highest BCUT2D eigenvalue weighted by molar-refractivity contribution is 6.35. The first-order valence-corrected chi connectivity index (χ1v) is 13.2. The predicted molar refractivity (Wildman–Crippen MR) is 150 cm³/mol. The van der Waals surface area contributed by atoms with Gasteiger partial charge in [0.1, 0.15) is 5.75 Å². The Kier molecular flexibility index (Phi) is 9.40. The summed E-state index contributed by atoms with van der Waals surface area (Å²) in [6.07, 6.45) is 1.28. The number of hydrogen-bond acceptors (Lipinski definition) is 5. The molecule has 36 heavy (non-hydrogen) atoms. The van der Waals surface area contributed by atoms with Crippen molar-refractivity contribution in [1.82, 2.24) is 10.2 Å². The van der Waals surface area contributed by atoms with Crippen molar-refractivity contribution in [3.8, 4) is 16.9 Å². The first-order chi connectivity index (χ1) is 17.3. The standard InChI is InChI=1S/C28H32Cl3N3O2/c1-34-11-9-20(10-12-34)26(17-32-28(35)33-24-14-22(30)13-23(31)15-24)19-5-3-18(4-6-19)25-16-21(29)7-8-27(25)36-2/h3-8,13-16,20,26,28,32-33,35H,9-12,17H2,1-2H3/t26?,28-/m1/s1. The van der Waals surface area contributed by atoms with Crippen molar-refractivity contribution in [2.45, 2.75) is 25.1 Å². The lowest BCUT2D eigenvalue weighted by molar-refractivity contribution is 0.147. The third-order valence-electron chi connectivity index (χ3n) is 6.84. The molecule has 0 radical (unpaired) electrons. The predicted octanol–water partition coefficient (Wildman–Crippen LogP) is 6.73. The van der Waals surface area contributed by atoms with Crippen LogP contribution in [0.25, 0.3) is 11.1 Å². The summed E-state index contributed by atoms with van der Waals surface area (Å²) in [7, 11) is 3.83. The Morgan fingerprint density at radius 2 is 1.61 bits per heavy atom. The monoisotopic (exact) mass is 547 g/mol. The van der Waals surface area contributed by atoms with E-state index in [0.29, 0.717) is 33.2 Å². The molecule has 0 amide bonds. The summed E-state index contributed by atoms with van der Waals surface area (Å²) in [5.41, 5.74) is 3.90. The molecular weight excluding hydrogens is 517 g/mol. The molecule has 1 heterocycles. The zero-order valence-electron chi connectivity index (χ0n) is 20.5. The SMILES string of the molecule is COc1ccc(Cl)cc1-c1ccc(C(CN[C@@H](O)Nc2cc(Cl)cc(Cl)c2)C2CCN(C)CC2)cc1. The van der Waals surface area contributed by atoms with Crippen LogP contribution in [0.15, 0.2) is 60.7 Å². The topological polar surface area (TPSA) is 56.8 Å². The Labute approximate surface area is 228 Å². The normalized spacial score (nSPS) is 16.5. The Balaban J connectivity index is 1.51. The fourth-order valence-electron chi connectivity index (χ4n) is 4.89. The molecule has 0 aliphatic carbocycles. The van der Waals surface area contributed by atoms with E-state index in [4.69, 9.17) is 39.5 Å². The highest BCUT2D eigenvalue weighted by Gasteiger charge is 2.27. The molecule has 1 aliphatic rings. The maximum atomic E-state index is 10.7. The summed E-state index contributed by atoms with van der Waals surface area (Å²) < 4.78 is 5.54. The molecule has 0 bridgehead atoms. The van der Waals surface area contributed by atoms with Gasteiger partial charge in [0.05, 0.1) is 7.11 Å². The number of nitrogens with one attached hydrogen (secondary N) is 2. The Hall–Kier alpha value is -1.99. The van der Waals surface area contributed by atoms with Crippen molar-refractivity contribution in [3.63, 3.8) is 0 Å². The Morgan fingerprint density at radius 1 is 0.944 bits per heavy atom. The fourth-order valence-corrected chi connectivity index (χ4v) is 5.59. The van der Waals surface area contributed by atoms with Gasteiger partial charge in [-0.25, -0.2) is 0 Å². The molecule has 3 aromatic rings. The molecule has 1 fully saturated rings. The minimum absolute atomic E-state index is 0.244. The smallest absolute Gasteiger partial charge is 0.181 e. The second-order valence-electron chi connectivity index (χ2n) is 9.33. The molecule has 8 heteroatoms. The fraction of sp³-hybridized carbons (Fsp3) is 0.357. The maximum absolute atomic E-state index is 10.7. The lowest BCUT2D eigenvalue weighted by atomic mass is 9.79. The summed E-state index contributed by atoms with van der Waals surface area (Å²) in [6.45, 7) is 2.76. The Morgan fingerprint density at radius 3 is 2.25 bits per heavy atom. The van der Waals surface area contributed by atoms with E-state index in [1.807, 2.05) is 18.2 Å². The highest BCUT2D eigenvalue weighted by atomic mass is 35.5. The summed E-state index contributed by atoms with van der Waals surface area (Å²) in [4.78, 5) is 2.37. The van der Waals surface area contributed by atoms with E-state index < -0.39 is 6.35 Å². The van der Waals surface area contributed by atoms with Crippen LogP contribution in [0.1, 0.15) is 24.3 Å². The molecule has 1 unspecified atom stereocenters. The first-order valence-electron chi connectivity index (χ1n) is 12.1. The molecule has 3 aromatic carbocycles. The quantitative estimate of drug-likeness (QED) is 0.259. The zero-order chi connectivity index (χ0) is 25.7. The van der Waals surface area contributed by atoms with Crippen LogP contribution >= 0.6 is 34.8 Å². The van der Waals surface area contributed by atoms with E-state index in [9.17, 15) is 5.11 Å². The molecule has 2 atom stereocenters. The first kappa shape index (κ1) is 27.1. The average Bonchev–Trinajstić information content (AvgIpc) is 2.85. The third-order valence-corrected chi connectivity index (χ3v) is 7.51. The number of hydrogen-bond donors (Lipinski definition) is 3. The lowest BCUT2D eigenvalue weighted by Crippen LogP contribution is -2.41. The maximum Gasteiger partial charge on any atom is 0.181 e. The van der Waals surface area contributed by atoms with Gasteiger partial charge in [0.15, 0.2) is 6.35 Å². The van der Waals surface area contributed by atoms with Crippen LogP contribution in [0.2, 0.25) is 15.1 Å². The van der Waals surface area contributed by atoms with Crippen LogP contribution in [0, 0.1) is 5.92 Å². The van der Waals surface area contributed by atoms with Crippen LogP contribution in [0.4, 0.5) is 5.69 Å². The van der Waals surface area contributed by atoms with E-state index in [0.717, 1.165) is 42.8 Å². The van der Waals surface area contributed by atoms with Crippen LogP contribution in [-0.2, 0) is 0 Å². The number of rotatable bonds is 9. The second-order valence-corrected chi connectivity index (χ2v) is 10.6. The lowest BCUT2D eigenvalue weighted by Gasteiger charge is -2.35. The molecule has 5 nitrogen and oxygen atoms in total. The number of aliphatic hydroxyl groups is 1. The summed E-state index contributed by atoms with van der Waals surface area (Å²) in [5.74, 6) is 1.54. The summed E-state index contributed by atoms with van der Waals surface area (Å²) in [6, 6.07) is 19.4. The van der Waals surface area contributed by atoms with Gasteiger partial charge >= 0.3 is 0 Å². The van der Waals surface area contributed by atoms with Crippen molar-refractivity contribution >= 4 is 40.5 Å². The summed E-state index contributed by atoms with van der Waals surface area (Å²) >= 11 is 18.4. The number of anilines is 1. The van der Waals surface area contributed by atoms with E-state index in [1.165, 1.54) is 5.56 Å². The number of methoxy groups -OCH3 is 1. The van der Waals surface area contributed by atoms with Gasteiger partial charge in [0, 0.05) is 32.9 Å². The van der Waals surface area contributed by atoms with Crippen LogP contribution in [0.5, 0.6) is 5.75 Å². The van der Waals surface area contributed by atoms with Gasteiger partial charge in [-0.3, -0.25) is 5.32 Å². The van der Waals surface area contributed by atoms with Crippen molar-refractivity contribution in [3.05, 3.63) is 81.3 Å². The van der Waals surface area contributed by atoms with Crippen LogP contribution < -0.4 is 15.4 Å². The van der Waals surface area contributed by atoms with Crippen LogP contribution in [-0.4, -0.2) is 50.2 Å². The van der Waals surface area contributed by atoms with Crippen molar-refractivity contribution in [2.75, 3.05) is 39.1 Å². The molecule has 192 valence electrons. The second kappa shape index (κ2) is 12.5. The summed E-state index contributed by atoms with van der Waals surface area (Å²) in [5, 5.41) is 18.6. The van der Waals surface area contributed by atoms with Gasteiger partial charge in [-0.2, -0.15) is 0 Å². The number of nitrogens with zero attached hydrogens (tertiary/aromatic N) is 1. The number of likely N-dealkylation sites (tertiary alicyclic amines) is 1. The van der Waals surface area contributed by atoms with Gasteiger partial charge in [0.25, 0.3) is 0 Å². The largest absolute Gasteiger partial charge is 0.496 e. The van der Waals surface area contributed by atoms with Crippen LogP contribution in [0.3, 0.4) is 0 Å². The van der Waals surface area contributed by atoms with Gasteiger partial charge < -0.3 is 20.1 Å². The van der Waals surface area contributed by atoms with Gasteiger partial charge in [-0.15, -0.1) is 0 Å². The minimum Gasteiger partial charge on any atom is -0.496 e. The Bertz CT molecular complexity index is 1130. The highest BCUT2D eigenvalue weighted by Crippen LogP contribution is 2.36. The molecule has 1 aliphatic heterocycles. The molecular formula is C28H32Cl3N3O2. The van der Waals surface area contributed by atoms with Crippen molar-refractivity contribution < 1.29 is 9.84 Å². The average molecular weight is 549 g/mol. The molecule has 0 saturated carbocycles. The van der Waals surface area contributed by atoms with E-state index in [-0.39, 0.29) is 5.92 Å². The molecule has 0 aromatic heterocycles. The minimum atomic E-state index is -0.941. The number of ether oxygens (including phenoxy) is 1. The van der Waals surface area contributed by atoms with Gasteiger partial charge in [-0.1, -0.05) is 59.1 Å². The molecule has 4 rings (SSSR count). The van der Waals surface area contributed by atoms with E-state index in [1.54, 1.807) is 25.3 Å². The van der Waals surface area contributed by atoms with Gasteiger partial charge in [0.2, 0.25) is 0 Å². The van der Waals surface area contributed by atoms with Crippen molar-refractivity contribution in [1.29, 1.82) is 0 Å². The van der Waals surface area contributed by atoms with Gasteiger partial charge in [-0.05, 0) is 92.3 Å². The van der Waals surface area contributed by atoms with Crippen molar-refractivity contribution in [2.24, 2.45) is 5.92 Å². The zero-order valence-corrected chi connectivity index (χ0v) is 22.7. The van der Waals surface area contributed by atoms with E-state index >= 15 is 0 Å². The van der Waals surface area contributed by atoms with E-state index in [2.05, 4.69) is 46.8 Å². The molecule has 3 N–H and O–H groups in total.